The van der Waals surface area contributed by atoms with Crippen molar-refractivity contribution in [2.24, 2.45) is 16.2 Å². The Labute approximate surface area is 99.4 Å². The second-order valence-electron chi connectivity index (χ2n) is 4.03. The Kier molecular flexibility index (Phi) is 4.78. The Morgan fingerprint density at radius 1 is 1.76 bits per heavy atom. The number of nitrogens with zero attached hydrogens (tertiary/aromatic N) is 4. The fourth-order valence-electron chi connectivity index (χ4n) is 1.57. The van der Waals surface area contributed by atoms with E-state index in [9.17, 15) is 4.79 Å². The van der Waals surface area contributed by atoms with Gasteiger partial charge in [-0.15, -0.1) is 0 Å². The van der Waals surface area contributed by atoms with Crippen molar-refractivity contribution in [2.45, 2.75) is 39.3 Å². The highest BCUT2D eigenvalue weighted by Crippen LogP contribution is 2.20. The molecule has 1 aliphatic heterocycles. The number of hydrogen-bond acceptors (Lipinski definition) is 5. The van der Waals surface area contributed by atoms with E-state index in [0.717, 1.165) is 0 Å². The van der Waals surface area contributed by atoms with Gasteiger partial charge in [-0.2, -0.15) is 0 Å². The highest BCUT2D eigenvalue weighted by atomic mass is 16.7. The molecule has 1 aliphatic rings. The van der Waals surface area contributed by atoms with E-state index < -0.39 is 12.1 Å². The zero-order valence-electron chi connectivity index (χ0n) is 10.2. The summed E-state index contributed by atoms with van der Waals surface area (Å²) < 4.78 is 4.83. The average molecular weight is 240 g/mol. The first-order valence-corrected chi connectivity index (χ1v) is 5.53. The van der Waals surface area contributed by atoms with Gasteiger partial charge in [0.2, 0.25) is 6.10 Å². The van der Waals surface area contributed by atoms with E-state index in [0.29, 0.717) is 18.7 Å². The lowest BCUT2D eigenvalue weighted by Gasteiger charge is -2.13. The molecule has 1 heterocycles. The molecular formula is C10H16N4O3. The van der Waals surface area contributed by atoms with Crippen LogP contribution < -0.4 is 0 Å². The van der Waals surface area contributed by atoms with Crippen LogP contribution in [0, 0.1) is 5.92 Å². The van der Waals surface area contributed by atoms with Crippen LogP contribution in [-0.2, 0) is 14.4 Å². The number of ether oxygens (including phenoxy) is 1. The van der Waals surface area contributed by atoms with Crippen molar-refractivity contribution in [2.75, 3.05) is 6.61 Å². The number of esters is 1. The molecule has 2 unspecified atom stereocenters. The van der Waals surface area contributed by atoms with Gasteiger partial charge in [-0.05, 0) is 18.4 Å². The number of hydrogen-bond donors (Lipinski definition) is 0. The molecule has 0 saturated heterocycles. The van der Waals surface area contributed by atoms with Gasteiger partial charge in [-0.1, -0.05) is 24.1 Å². The smallest absolute Gasteiger partial charge is 0.350 e. The van der Waals surface area contributed by atoms with Gasteiger partial charge in [-0.25, -0.2) is 4.79 Å². The fraction of sp³-hybridized carbons (Fsp3) is 0.800. The number of rotatable bonds is 5. The third-order valence-electron chi connectivity index (χ3n) is 2.39. The monoisotopic (exact) mass is 240 g/mol. The molecule has 0 N–H and O–H groups in total. The van der Waals surface area contributed by atoms with E-state index >= 15 is 0 Å². The zero-order chi connectivity index (χ0) is 12.8. The first kappa shape index (κ1) is 13.3. The molecule has 0 aliphatic carbocycles. The van der Waals surface area contributed by atoms with E-state index in [1.807, 2.05) is 13.8 Å². The lowest BCUT2D eigenvalue weighted by Crippen LogP contribution is -2.28. The first-order chi connectivity index (χ1) is 8.10. The van der Waals surface area contributed by atoms with Gasteiger partial charge in [0.1, 0.15) is 0 Å². The molecule has 0 fully saturated rings. The van der Waals surface area contributed by atoms with Crippen LogP contribution in [0.5, 0.6) is 0 Å². The molecule has 0 saturated carbocycles. The van der Waals surface area contributed by atoms with Crippen molar-refractivity contribution in [1.29, 1.82) is 0 Å². The first-order valence-electron chi connectivity index (χ1n) is 5.53. The van der Waals surface area contributed by atoms with E-state index in [1.54, 1.807) is 6.92 Å². The van der Waals surface area contributed by atoms with Gasteiger partial charge < -0.3 is 9.57 Å². The molecule has 0 aromatic heterocycles. The lowest BCUT2D eigenvalue weighted by molar-refractivity contribution is -0.154. The van der Waals surface area contributed by atoms with Gasteiger partial charge in [0, 0.05) is 11.3 Å². The standard InChI is InChI=1S/C10H16N4O3/c1-4-16-10(15)8-5-7(13-17-8)9(6(2)3)12-14-11/h6,8-9H,4-5H2,1-3H3. The lowest BCUT2D eigenvalue weighted by atomic mass is 9.97. The van der Waals surface area contributed by atoms with Gasteiger partial charge >= 0.3 is 5.97 Å². The molecule has 0 aromatic rings. The molecule has 94 valence electrons. The summed E-state index contributed by atoms with van der Waals surface area (Å²) in [5, 5.41) is 7.47. The van der Waals surface area contributed by atoms with Crippen LogP contribution in [0.15, 0.2) is 10.3 Å². The van der Waals surface area contributed by atoms with Crippen molar-refractivity contribution >= 4 is 11.7 Å². The molecule has 7 nitrogen and oxygen atoms in total. The molecule has 0 amide bonds. The van der Waals surface area contributed by atoms with Crippen molar-refractivity contribution < 1.29 is 14.4 Å². The summed E-state index contributed by atoms with van der Waals surface area (Å²) in [6.07, 6.45) is -0.388. The van der Waals surface area contributed by atoms with Crippen molar-refractivity contribution in [1.82, 2.24) is 0 Å². The Hall–Kier alpha value is -1.75. The zero-order valence-corrected chi connectivity index (χ0v) is 10.2. The van der Waals surface area contributed by atoms with Crippen LogP contribution in [0.25, 0.3) is 10.4 Å². The van der Waals surface area contributed by atoms with E-state index in [-0.39, 0.29) is 12.0 Å². The molecule has 17 heavy (non-hydrogen) atoms. The SMILES string of the molecule is CCOC(=O)C1CC(C(N=[N+]=[N-])C(C)C)=NO1. The molecule has 0 bridgehead atoms. The Morgan fingerprint density at radius 2 is 2.47 bits per heavy atom. The summed E-state index contributed by atoms with van der Waals surface area (Å²) in [4.78, 5) is 19.2. The van der Waals surface area contributed by atoms with Crippen LogP contribution in [0.3, 0.4) is 0 Å². The summed E-state index contributed by atoms with van der Waals surface area (Å²) in [6, 6.07) is -0.376. The van der Waals surface area contributed by atoms with Crippen LogP contribution in [0.1, 0.15) is 27.2 Å². The molecule has 2 atom stereocenters. The molecule has 0 aromatic carbocycles. The normalized spacial score (nSPS) is 20.2. The minimum absolute atomic E-state index is 0.106. The summed E-state index contributed by atoms with van der Waals surface area (Å²) >= 11 is 0. The Bertz CT molecular complexity index is 361. The molecule has 7 heteroatoms. The number of carbonyl (C=O) groups is 1. The minimum atomic E-state index is -0.708. The maximum absolute atomic E-state index is 11.4. The molecule has 1 rings (SSSR count). The maximum Gasteiger partial charge on any atom is 0.350 e. The fourth-order valence-corrected chi connectivity index (χ4v) is 1.57. The second kappa shape index (κ2) is 6.10. The van der Waals surface area contributed by atoms with Gasteiger partial charge in [-0.3, -0.25) is 0 Å². The van der Waals surface area contributed by atoms with Gasteiger partial charge in [0.05, 0.1) is 18.4 Å². The van der Waals surface area contributed by atoms with Gasteiger partial charge in [0.25, 0.3) is 0 Å². The summed E-state index contributed by atoms with van der Waals surface area (Å²) in [6.45, 7) is 5.86. The van der Waals surface area contributed by atoms with E-state index in [1.165, 1.54) is 0 Å². The minimum Gasteiger partial charge on any atom is -0.463 e. The van der Waals surface area contributed by atoms with Crippen LogP contribution in [0.4, 0.5) is 0 Å². The number of azide groups is 1. The van der Waals surface area contributed by atoms with Crippen LogP contribution >= 0.6 is 0 Å². The number of oxime groups is 1. The quantitative estimate of drug-likeness (QED) is 0.318. The van der Waals surface area contributed by atoms with Gasteiger partial charge in [0.15, 0.2) is 0 Å². The maximum atomic E-state index is 11.4. The third-order valence-corrected chi connectivity index (χ3v) is 2.39. The largest absolute Gasteiger partial charge is 0.463 e. The highest BCUT2D eigenvalue weighted by molar-refractivity contribution is 5.94. The highest BCUT2D eigenvalue weighted by Gasteiger charge is 2.33. The average Bonchev–Trinajstić information content (AvgIpc) is 2.74. The molecule has 0 spiro atoms. The predicted octanol–water partition coefficient (Wildman–Crippen LogP) is 2.03. The van der Waals surface area contributed by atoms with Crippen LogP contribution in [0.2, 0.25) is 0 Å². The topological polar surface area (TPSA) is 96.7 Å². The molecule has 0 radical (unpaired) electrons. The second-order valence-corrected chi connectivity index (χ2v) is 4.03. The number of carbonyl (C=O) groups excluding carboxylic acids is 1. The summed E-state index contributed by atoms with van der Waals surface area (Å²) in [5.74, 6) is -0.330. The van der Waals surface area contributed by atoms with E-state index in [2.05, 4.69) is 15.2 Å². The summed E-state index contributed by atoms with van der Waals surface area (Å²) in [7, 11) is 0. The third kappa shape index (κ3) is 3.35. The van der Waals surface area contributed by atoms with Crippen molar-refractivity contribution in [3.05, 3.63) is 10.4 Å². The Balaban J connectivity index is 2.64. The van der Waals surface area contributed by atoms with Crippen LogP contribution in [-0.4, -0.2) is 30.4 Å². The molecular weight excluding hydrogens is 224 g/mol. The predicted molar refractivity (Wildman–Crippen MR) is 61.3 cm³/mol. The Morgan fingerprint density at radius 3 is 3.00 bits per heavy atom. The van der Waals surface area contributed by atoms with Crippen molar-refractivity contribution in [3.63, 3.8) is 0 Å². The van der Waals surface area contributed by atoms with Crippen molar-refractivity contribution in [3.8, 4) is 0 Å². The summed E-state index contributed by atoms with van der Waals surface area (Å²) in [5.41, 5.74) is 9.07. The van der Waals surface area contributed by atoms with E-state index in [4.69, 9.17) is 15.1 Å².